The monoisotopic (exact) mass is 287 g/mol. The van der Waals surface area contributed by atoms with E-state index in [4.69, 9.17) is 4.74 Å². The molecule has 1 aromatic heterocycles. The Bertz CT molecular complexity index is 633. The molecule has 0 fully saturated rings. The summed E-state index contributed by atoms with van der Waals surface area (Å²) in [5.74, 6) is 0.661. The second kappa shape index (κ2) is 5.67. The second-order valence-corrected chi connectivity index (χ2v) is 5.81. The first-order valence-electron chi connectivity index (χ1n) is 6.83. The van der Waals surface area contributed by atoms with E-state index in [1.54, 1.807) is 18.4 Å². The van der Waals surface area contributed by atoms with E-state index < -0.39 is 0 Å². The SMILES string of the molecule is COc1ccccc1NC(=O)c1scc2c1CCCC2. The highest BCUT2D eigenvalue weighted by Crippen LogP contribution is 2.31. The van der Waals surface area contributed by atoms with Crippen molar-refractivity contribution in [3.8, 4) is 5.75 Å². The number of anilines is 1. The van der Waals surface area contributed by atoms with E-state index in [1.807, 2.05) is 24.3 Å². The van der Waals surface area contributed by atoms with Crippen LogP contribution in [0.15, 0.2) is 29.6 Å². The number of hydrogen-bond acceptors (Lipinski definition) is 3. The van der Waals surface area contributed by atoms with Crippen LogP contribution in [0, 0.1) is 0 Å². The van der Waals surface area contributed by atoms with Crippen molar-refractivity contribution in [3.63, 3.8) is 0 Å². The number of carbonyl (C=O) groups excluding carboxylic acids is 1. The lowest BCUT2D eigenvalue weighted by atomic mass is 9.94. The van der Waals surface area contributed by atoms with Crippen LogP contribution in [0.5, 0.6) is 5.75 Å². The van der Waals surface area contributed by atoms with Crippen LogP contribution in [0.2, 0.25) is 0 Å². The first-order valence-corrected chi connectivity index (χ1v) is 7.71. The average Bonchev–Trinajstić information content (AvgIpc) is 2.92. The zero-order valence-electron chi connectivity index (χ0n) is 11.4. The lowest BCUT2D eigenvalue weighted by molar-refractivity contribution is 0.102. The van der Waals surface area contributed by atoms with Gasteiger partial charge in [0.15, 0.2) is 0 Å². The smallest absolute Gasteiger partial charge is 0.266 e. The van der Waals surface area contributed by atoms with Crippen LogP contribution in [0.25, 0.3) is 0 Å². The van der Waals surface area contributed by atoms with Gasteiger partial charge in [0.1, 0.15) is 5.75 Å². The lowest BCUT2D eigenvalue weighted by Crippen LogP contribution is -2.14. The van der Waals surface area contributed by atoms with Gasteiger partial charge in [0.25, 0.3) is 5.91 Å². The van der Waals surface area contributed by atoms with Crippen LogP contribution >= 0.6 is 11.3 Å². The van der Waals surface area contributed by atoms with E-state index in [2.05, 4.69) is 10.7 Å². The lowest BCUT2D eigenvalue weighted by Gasteiger charge is -2.13. The second-order valence-electron chi connectivity index (χ2n) is 4.93. The van der Waals surface area contributed by atoms with Crippen molar-refractivity contribution < 1.29 is 9.53 Å². The van der Waals surface area contributed by atoms with Crippen molar-refractivity contribution in [2.75, 3.05) is 12.4 Å². The number of benzene rings is 1. The summed E-state index contributed by atoms with van der Waals surface area (Å²) in [5, 5.41) is 5.09. The highest BCUT2D eigenvalue weighted by Gasteiger charge is 2.20. The Kier molecular flexibility index (Phi) is 3.74. The number of ether oxygens (including phenoxy) is 1. The van der Waals surface area contributed by atoms with Crippen LogP contribution < -0.4 is 10.1 Å². The third kappa shape index (κ3) is 2.43. The molecule has 2 aromatic rings. The number of fused-ring (bicyclic) bond motifs is 1. The molecule has 0 saturated heterocycles. The third-order valence-corrected chi connectivity index (χ3v) is 4.73. The first kappa shape index (κ1) is 13.2. The van der Waals surface area contributed by atoms with E-state index in [0.29, 0.717) is 5.75 Å². The van der Waals surface area contributed by atoms with Crippen LogP contribution in [0.3, 0.4) is 0 Å². The fourth-order valence-corrected chi connectivity index (χ4v) is 3.69. The van der Waals surface area contributed by atoms with E-state index in [1.165, 1.54) is 24.0 Å². The van der Waals surface area contributed by atoms with E-state index >= 15 is 0 Å². The molecule has 1 aliphatic carbocycles. The number of thiophene rings is 1. The predicted octanol–water partition coefficient (Wildman–Crippen LogP) is 3.89. The van der Waals surface area contributed by atoms with Crippen LogP contribution in [0.1, 0.15) is 33.6 Å². The molecular formula is C16H17NO2S. The highest BCUT2D eigenvalue weighted by atomic mass is 32.1. The van der Waals surface area contributed by atoms with Gasteiger partial charge >= 0.3 is 0 Å². The standard InChI is InChI=1S/C16H17NO2S/c1-19-14-9-5-4-8-13(14)17-16(18)15-12-7-3-2-6-11(12)10-20-15/h4-5,8-10H,2-3,6-7H2,1H3,(H,17,18). The van der Waals surface area contributed by atoms with Gasteiger partial charge in [-0.2, -0.15) is 0 Å². The Morgan fingerprint density at radius 2 is 2.05 bits per heavy atom. The van der Waals surface area contributed by atoms with Gasteiger partial charge in [-0.1, -0.05) is 12.1 Å². The summed E-state index contributed by atoms with van der Waals surface area (Å²) in [6, 6.07) is 7.49. The summed E-state index contributed by atoms with van der Waals surface area (Å²) < 4.78 is 5.26. The minimum absolute atomic E-state index is 0.0253. The molecule has 4 heteroatoms. The van der Waals surface area contributed by atoms with Crippen molar-refractivity contribution in [3.05, 3.63) is 45.6 Å². The number of methoxy groups -OCH3 is 1. The Morgan fingerprint density at radius 1 is 1.25 bits per heavy atom. The van der Waals surface area contributed by atoms with E-state index in [0.717, 1.165) is 23.4 Å². The summed E-state index contributed by atoms with van der Waals surface area (Å²) >= 11 is 1.55. The fourth-order valence-electron chi connectivity index (χ4n) is 2.64. The van der Waals surface area contributed by atoms with E-state index in [9.17, 15) is 4.79 Å². The van der Waals surface area contributed by atoms with E-state index in [-0.39, 0.29) is 5.91 Å². The molecular weight excluding hydrogens is 270 g/mol. The van der Waals surface area contributed by atoms with Gasteiger partial charge in [0.05, 0.1) is 17.7 Å². The van der Waals surface area contributed by atoms with Crippen molar-refractivity contribution in [1.29, 1.82) is 0 Å². The molecule has 0 spiro atoms. The topological polar surface area (TPSA) is 38.3 Å². The number of carbonyl (C=O) groups is 1. The van der Waals surface area contributed by atoms with Crippen molar-refractivity contribution in [2.24, 2.45) is 0 Å². The summed E-state index contributed by atoms with van der Waals surface area (Å²) in [6.07, 6.45) is 4.54. The zero-order valence-corrected chi connectivity index (χ0v) is 12.3. The summed E-state index contributed by atoms with van der Waals surface area (Å²) in [7, 11) is 1.61. The molecule has 3 rings (SSSR count). The maximum atomic E-state index is 12.5. The number of aryl methyl sites for hydroxylation is 1. The van der Waals surface area contributed by atoms with Crippen molar-refractivity contribution in [2.45, 2.75) is 25.7 Å². The van der Waals surface area contributed by atoms with Gasteiger partial charge in [-0.3, -0.25) is 4.79 Å². The molecule has 0 saturated carbocycles. The normalized spacial score (nSPS) is 13.7. The van der Waals surface area contributed by atoms with Crippen molar-refractivity contribution in [1.82, 2.24) is 0 Å². The molecule has 0 atom stereocenters. The summed E-state index contributed by atoms with van der Waals surface area (Å²) in [4.78, 5) is 13.3. The molecule has 1 aliphatic rings. The van der Waals surface area contributed by atoms with Gasteiger partial charge < -0.3 is 10.1 Å². The number of hydrogen-bond donors (Lipinski definition) is 1. The molecule has 0 aliphatic heterocycles. The molecule has 0 radical (unpaired) electrons. The Balaban J connectivity index is 1.85. The predicted molar refractivity (Wildman–Crippen MR) is 81.9 cm³/mol. The quantitative estimate of drug-likeness (QED) is 0.930. The largest absolute Gasteiger partial charge is 0.495 e. The van der Waals surface area contributed by atoms with Gasteiger partial charge in [-0.15, -0.1) is 11.3 Å². The molecule has 1 aromatic carbocycles. The fraction of sp³-hybridized carbons (Fsp3) is 0.312. The molecule has 0 bridgehead atoms. The van der Waals surface area contributed by atoms with Gasteiger partial charge in [-0.25, -0.2) is 0 Å². The molecule has 3 nitrogen and oxygen atoms in total. The molecule has 104 valence electrons. The van der Waals surface area contributed by atoms with Gasteiger partial charge in [0.2, 0.25) is 0 Å². The van der Waals surface area contributed by atoms with Crippen LogP contribution in [0.4, 0.5) is 5.69 Å². The van der Waals surface area contributed by atoms with Gasteiger partial charge in [0, 0.05) is 0 Å². The average molecular weight is 287 g/mol. The maximum Gasteiger partial charge on any atom is 0.266 e. The van der Waals surface area contributed by atoms with Crippen LogP contribution in [-0.4, -0.2) is 13.0 Å². The van der Waals surface area contributed by atoms with Crippen molar-refractivity contribution >= 4 is 22.9 Å². The molecule has 1 amide bonds. The number of amides is 1. The number of para-hydroxylation sites is 2. The Labute approximate surface area is 122 Å². The number of rotatable bonds is 3. The molecule has 0 unspecified atom stereocenters. The Morgan fingerprint density at radius 3 is 2.90 bits per heavy atom. The molecule has 1 N–H and O–H groups in total. The minimum Gasteiger partial charge on any atom is -0.495 e. The van der Waals surface area contributed by atoms with Crippen LogP contribution in [-0.2, 0) is 12.8 Å². The molecule has 1 heterocycles. The van der Waals surface area contributed by atoms with Gasteiger partial charge in [-0.05, 0) is 54.3 Å². The summed E-state index contributed by atoms with van der Waals surface area (Å²) in [6.45, 7) is 0. The summed E-state index contributed by atoms with van der Waals surface area (Å²) in [5.41, 5.74) is 3.32. The first-order chi connectivity index (χ1) is 9.79. The zero-order chi connectivity index (χ0) is 13.9. The minimum atomic E-state index is -0.0253. The number of nitrogens with one attached hydrogen (secondary N) is 1. The molecule has 20 heavy (non-hydrogen) atoms. The Hall–Kier alpha value is -1.81. The maximum absolute atomic E-state index is 12.5. The third-order valence-electron chi connectivity index (χ3n) is 3.67. The highest BCUT2D eigenvalue weighted by molar-refractivity contribution is 7.12.